The monoisotopic (exact) mass is 447 g/mol. The van der Waals surface area contributed by atoms with E-state index in [1.54, 1.807) is 41.0 Å². The average Bonchev–Trinajstić information content (AvgIpc) is 3.00. The van der Waals surface area contributed by atoms with Gasteiger partial charge in [-0.05, 0) is 49.7 Å². The lowest BCUT2D eigenvalue weighted by Crippen LogP contribution is -2.48. The molecule has 1 N–H and O–H groups in total. The van der Waals surface area contributed by atoms with Crippen LogP contribution in [-0.2, 0) is 21.4 Å². The van der Waals surface area contributed by atoms with Gasteiger partial charge in [-0.2, -0.15) is 0 Å². The van der Waals surface area contributed by atoms with Gasteiger partial charge in [0.25, 0.3) is 5.91 Å². The zero-order valence-electron chi connectivity index (χ0n) is 16.7. The Kier molecular flexibility index (Phi) is 5.07. The Bertz CT molecular complexity index is 1310. The fourth-order valence-electron chi connectivity index (χ4n) is 3.48. The van der Waals surface area contributed by atoms with Crippen LogP contribution in [0.2, 0.25) is 0 Å². The molecule has 0 fully saturated rings. The van der Waals surface area contributed by atoms with Gasteiger partial charge in [0.1, 0.15) is 5.75 Å². The number of anilines is 2. The van der Waals surface area contributed by atoms with E-state index < -0.39 is 22.0 Å². The van der Waals surface area contributed by atoms with Gasteiger partial charge in [0.05, 0.1) is 28.7 Å². The maximum atomic E-state index is 12.9. The maximum absolute atomic E-state index is 12.9. The molecule has 0 saturated carbocycles. The van der Waals surface area contributed by atoms with Crippen LogP contribution in [0.1, 0.15) is 12.5 Å². The van der Waals surface area contributed by atoms with Gasteiger partial charge in [-0.3, -0.25) is 18.5 Å². The van der Waals surface area contributed by atoms with Gasteiger partial charge in [-0.1, -0.05) is 17.4 Å². The molecule has 8 nitrogen and oxygen atoms in total. The van der Waals surface area contributed by atoms with Crippen LogP contribution >= 0.6 is 11.3 Å². The first-order valence-corrected chi connectivity index (χ1v) is 12.0. The number of thiazole rings is 1. The molecule has 0 saturated heterocycles. The van der Waals surface area contributed by atoms with Gasteiger partial charge in [0.2, 0.25) is 10.0 Å². The summed E-state index contributed by atoms with van der Waals surface area (Å²) in [5.74, 6) is -0.113. The minimum Gasteiger partial charge on any atom is -0.476 e. The highest BCUT2D eigenvalue weighted by Crippen LogP contribution is 2.36. The van der Waals surface area contributed by atoms with Crippen molar-refractivity contribution in [2.24, 2.45) is 0 Å². The normalized spacial score (nSPS) is 16.2. The van der Waals surface area contributed by atoms with E-state index >= 15 is 0 Å². The van der Waals surface area contributed by atoms with Crippen LogP contribution in [0, 0.1) is 6.92 Å². The van der Waals surface area contributed by atoms with Gasteiger partial charge in [-0.15, -0.1) is 0 Å². The second kappa shape index (κ2) is 7.44. The molecule has 2 aromatic carbocycles. The van der Waals surface area contributed by atoms with E-state index in [1.165, 1.54) is 4.31 Å². The van der Waals surface area contributed by atoms with E-state index in [0.29, 0.717) is 23.7 Å². The van der Waals surface area contributed by atoms with Crippen molar-refractivity contribution in [2.45, 2.75) is 26.5 Å². The molecular formula is C20H21N3O5S2. The van der Waals surface area contributed by atoms with E-state index in [2.05, 4.69) is 5.32 Å². The summed E-state index contributed by atoms with van der Waals surface area (Å²) in [5, 5.41) is 2.78. The molecule has 30 heavy (non-hydrogen) atoms. The Morgan fingerprint density at radius 2 is 2.03 bits per heavy atom. The van der Waals surface area contributed by atoms with Crippen molar-refractivity contribution in [3.63, 3.8) is 0 Å². The first kappa shape index (κ1) is 20.4. The highest BCUT2D eigenvalue weighted by molar-refractivity contribution is 7.92. The number of aryl methyl sites for hydroxylation is 2. The summed E-state index contributed by atoms with van der Waals surface area (Å²) >= 11 is 1.11. The van der Waals surface area contributed by atoms with Gasteiger partial charge in [-0.25, -0.2) is 8.42 Å². The molecule has 0 bridgehead atoms. The molecule has 1 amide bonds. The van der Waals surface area contributed by atoms with Crippen molar-refractivity contribution in [1.29, 1.82) is 0 Å². The van der Waals surface area contributed by atoms with E-state index in [1.807, 2.05) is 13.8 Å². The number of sulfonamides is 1. The van der Waals surface area contributed by atoms with Crippen LogP contribution in [-0.4, -0.2) is 37.8 Å². The third-order valence-electron chi connectivity index (χ3n) is 4.93. The van der Waals surface area contributed by atoms with Crippen LogP contribution in [0.15, 0.2) is 41.2 Å². The van der Waals surface area contributed by atoms with Crippen molar-refractivity contribution < 1.29 is 17.9 Å². The van der Waals surface area contributed by atoms with Crippen LogP contribution in [0.5, 0.6) is 5.75 Å². The molecule has 158 valence electrons. The van der Waals surface area contributed by atoms with Crippen molar-refractivity contribution in [3.05, 3.63) is 51.6 Å². The number of fused-ring (bicyclic) bond motifs is 2. The molecule has 0 spiro atoms. The van der Waals surface area contributed by atoms with Crippen molar-refractivity contribution in [3.8, 4) is 5.75 Å². The lowest BCUT2D eigenvalue weighted by atomic mass is 10.1. The third-order valence-corrected chi connectivity index (χ3v) is 7.02. The third kappa shape index (κ3) is 3.68. The molecular weight excluding hydrogens is 426 g/mol. The maximum Gasteiger partial charge on any atom is 0.308 e. The predicted octanol–water partition coefficient (Wildman–Crippen LogP) is 2.56. The first-order valence-electron chi connectivity index (χ1n) is 9.36. The highest BCUT2D eigenvalue weighted by Gasteiger charge is 2.35. The number of carbonyl (C=O) groups is 1. The number of amides is 1. The lowest BCUT2D eigenvalue weighted by molar-refractivity contribution is -0.122. The Labute approximate surface area is 177 Å². The number of rotatable bonds is 4. The second-order valence-corrected chi connectivity index (χ2v) is 10.1. The van der Waals surface area contributed by atoms with Crippen LogP contribution in [0.3, 0.4) is 0 Å². The number of nitrogens with zero attached hydrogens (tertiary/aromatic N) is 2. The summed E-state index contributed by atoms with van der Waals surface area (Å²) in [6.45, 7) is 4.21. The van der Waals surface area contributed by atoms with Gasteiger partial charge in [0.15, 0.2) is 6.10 Å². The number of ether oxygens (including phenoxy) is 1. The van der Waals surface area contributed by atoms with Gasteiger partial charge in [0, 0.05) is 12.2 Å². The number of aromatic nitrogens is 1. The van der Waals surface area contributed by atoms with Gasteiger partial charge >= 0.3 is 4.87 Å². The molecule has 1 aliphatic rings. The van der Waals surface area contributed by atoms with E-state index in [9.17, 15) is 18.0 Å². The van der Waals surface area contributed by atoms with Crippen molar-refractivity contribution in [2.75, 3.05) is 22.4 Å². The molecule has 10 heteroatoms. The minimum absolute atomic E-state index is 0.0534. The summed E-state index contributed by atoms with van der Waals surface area (Å²) < 4.78 is 34.0. The summed E-state index contributed by atoms with van der Waals surface area (Å²) in [6, 6.07) is 10.4. The van der Waals surface area contributed by atoms with Gasteiger partial charge < -0.3 is 10.1 Å². The summed E-state index contributed by atoms with van der Waals surface area (Å²) in [6.07, 6.45) is 0.0919. The SMILES string of the molecule is CCn1c(=O)sc2cc(NC(=O)[C@@H]3CN(S(C)(=O)=O)c4ccc(C)cc4O3)ccc21. The molecule has 1 atom stereocenters. The van der Waals surface area contributed by atoms with E-state index in [0.717, 1.165) is 33.4 Å². The molecule has 3 aromatic rings. The molecule has 2 heterocycles. The number of nitrogens with one attached hydrogen (secondary N) is 1. The summed E-state index contributed by atoms with van der Waals surface area (Å²) in [7, 11) is -3.59. The standard InChI is InChI=1S/C20H21N3O5S2/c1-4-22-15-8-6-13(10-18(15)29-20(22)25)21-19(24)17-11-23(30(3,26)27)14-7-5-12(2)9-16(14)28-17/h5-10,17H,4,11H2,1-3H3,(H,21,24)/t17-/m0/s1. The Morgan fingerprint density at radius 3 is 2.73 bits per heavy atom. The predicted molar refractivity (Wildman–Crippen MR) is 118 cm³/mol. The summed E-state index contributed by atoms with van der Waals surface area (Å²) in [4.78, 5) is 24.9. The minimum atomic E-state index is -3.59. The smallest absolute Gasteiger partial charge is 0.308 e. The Balaban J connectivity index is 1.62. The van der Waals surface area contributed by atoms with Crippen molar-refractivity contribution in [1.82, 2.24) is 4.57 Å². The Morgan fingerprint density at radius 1 is 1.27 bits per heavy atom. The quantitative estimate of drug-likeness (QED) is 0.663. The fraction of sp³-hybridized carbons (Fsp3) is 0.300. The number of hydrogen-bond donors (Lipinski definition) is 1. The van der Waals surface area contributed by atoms with E-state index in [-0.39, 0.29) is 11.4 Å². The second-order valence-electron chi connectivity index (χ2n) is 7.16. The molecule has 0 aliphatic carbocycles. The highest BCUT2D eigenvalue weighted by atomic mass is 32.2. The summed E-state index contributed by atoms with van der Waals surface area (Å²) in [5.41, 5.74) is 2.64. The molecule has 1 aromatic heterocycles. The van der Waals surface area contributed by atoms with Crippen molar-refractivity contribution >= 4 is 48.9 Å². The number of carbonyl (C=O) groups excluding carboxylic acids is 1. The average molecular weight is 448 g/mol. The zero-order chi connectivity index (χ0) is 21.6. The molecule has 0 radical (unpaired) electrons. The molecule has 1 aliphatic heterocycles. The Hall–Kier alpha value is -2.85. The van der Waals surface area contributed by atoms with Crippen LogP contribution < -0.4 is 19.2 Å². The van der Waals surface area contributed by atoms with Crippen LogP contribution in [0.4, 0.5) is 11.4 Å². The molecule has 0 unspecified atom stereocenters. The zero-order valence-corrected chi connectivity index (χ0v) is 18.3. The number of benzene rings is 2. The fourth-order valence-corrected chi connectivity index (χ4v) is 5.39. The first-order chi connectivity index (χ1) is 14.2. The van der Waals surface area contributed by atoms with Crippen LogP contribution in [0.25, 0.3) is 10.2 Å². The lowest BCUT2D eigenvalue weighted by Gasteiger charge is -2.34. The molecule has 4 rings (SSSR count). The topological polar surface area (TPSA) is 97.7 Å². The van der Waals surface area contributed by atoms with E-state index in [4.69, 9.17) is 4.74 Å². The largest absolute Gasteiger partial charge is 0.476 e. The number of hydrogen-bond acceptors (Lipinski definition) is 6.